The first kappa shape index (κ1) is 12.1. The van der Waals surface area contributed by atoms with Crippen molar-refractivity contribution in [2.75, 3.05) is 0 Å². The number of nitrogens with zero attached hydrogens (tertiary/aromatic N) is 2. The highest BCUT2D eigenvalue weighted by Crippen LogP contribution is 2.14. The first-order valence-electron chi connectivity index (χ1n) is 5.50. The van der Waals surface area contributed by atoms with Gasteiger partial charge in [-0.1, -0.05) is 18.2 Å². The maximum absolute atomic E-state index is 8.94. The number of rotatable bonds is 4. The fourth-order valence-corrected chi connectivity index (χ4v) is 1.51. The van der Waals surface area contributed by atoms with Crippen LogP contribution in [0, 0.1) is 11.3 Å². The highest BCUT2D eigenvalue weighted by molar-refractivity contribution is 5.37. The van der Waals surface area contributed by atoms with Crippen molar-refractivity contribution >= 4 is 0 Å². The molecule has 0 bridgehead atoms. The number of pyridine rings is 1. The van der Waals surface area contributed by atoms with Crippen LogP contribution in [0.4, 0.5) is 0 Å². The molecule has 1 heterocycles. The summed E-state index contributed by atoms with van der Waals surface area (Å²) in [6.07, 6.45) is 1.56. The Hall–Kier alpha value is -2.38. The average molecular weight is 240 g/mol. The molecule has 1 N–H and O–H groups in total. The van der Waals surface area contributed by atoms with Crippen LogP contribution in [0.1, 0.15) is 16.8 Å². The number of nitriles is 1. The van der Waals surface area contributed by atoms with Crippen LogP contribution in [0.15, 0.2) is 42.6 Å². The summed E-state index contributed by atoms with van der Waals surface area (Å²) in [4.78, 5) is 4.01. The summed E-state index contributed by atoms with van der Waals surface area (Å²) in [5, 5.41) is 17.8. The molecule has 0 saturated heterocycles. The molecule has 4 heteroatoms. The Kier molecular flexibility index (Phi) is 3.90. The Morgan fingerprint density at radius 1 is 1.22 bits per heavy atom. The van der Waals surface area contributed by atoms with Crippen molar-refractivity contribution in [1.82, 2.24) is 4.98 Å². The zero-order valence-electron chi connectivity index (χ0n) is 9.71. The minimum atomic E-state index is -0.0858. The van der Waals surface area contributed by atoms with Crippen LogP contribution < -0.4 is 4.74 Å². The molecule has 18 heavy (non-hydrogen) atoms. The number of aliphatic hydroxyl groups is 1. The molecule has 0 saturated carbocycles. The van der Waals surface area contributed by atoms with E-state index in [4.69, 9.17) is 15.1 Å². The molecular formula is C14H12N2O2. The molecule has 90 valence electrons. The van der Waals surface area contributed by atoms with Crippen LogP contribution in [0.2, 0.25) is 0 Å². The van der Waals surface area contributed by atoms with E-state index in [0.29, 0.717) is 23.6 Å². The van der Waals surface area contributed by atoms with Crippen molar-refractivity contribution in [2.45, 2.75) is 13.2 Å². The van der Waals surface area contributed by atoms with Crippen LogP contribution in [0.3, 0.4) is 0 Å². The molecule has 2 aromatic rings. The van der Waals surface area contributed by atoms with E-state index < -0.39 is 0 Å². The Balaban J connectivity index is 2.05. The van der Waals surface area contributed by atoms with E-state index in [0.717, 1.165) is 5.56 Å². The molecule has 2 rings (SSSR count). The Bertz CT molecular complexity index is 559. The van der Waals surface area contributed by atoms with E-state index in [-0.39, 0.29) is 6.61 Å². The Labute approximate surface area is 105 Å². The maximum Gasteiger partial charge on any atom is 0.138 e. The van der Waals surface area contributed by atoms with Gasteiger partial charge in [0.2, 0.25) is 0 Å². The van der Waals surface area contributed by atoms with Gasteiger partial charge in [-0.15, -0.1) is 0 Å². The quantitative estimate of drug-likeness (QED) is 0.887. The maximum atomic E-state index is 8.94. The largest absolute Gasteiger partial charge is 0.487 e. The predicted molar refractivity (Wildman–Crippen MR) is 65.6 cm³/mol. The number of benzene rings is 1. The predicted octanol–water partition coefficient (Wildman–Crippen LogP) is 2.02. The molecule has 0 amide bonds. The monoisotopic (exact) mass is 240 g/mol. The van der Waals surface area contributed by atoms with Crippen molar-refractivity contribution < 1.29 is 9.84 Å². The molecule has 1 aromatic heterocycles. The molecule has 0 aliphatic carbocycles. The van der Waals surface area contributed by atoms with Gasteiger partial charge in [-0.25, -0.2) is 0 Å². The van der Waals surface area contributed by atoms with Crippen LogP contribution >= 0.6 is 0 Å². The van der Waals surface area contributed by atoms with Crippen molar-refractivity contribution in [1.29, 1.82) is 5.26 Å². The van der Waals surface area contributed by atoms with Gasteiger partial charge in [-0.05, 0) is 18.2 Å². The van der Waals surface area contributed by atoms with Gasteiger partial charge in [-0.3, -0.25) is 4.98 Å². The summed E-state index contributed by atoms with van der Waals surface area (Å²) in [5.74, 6) is 0.611. The van der Waals surface area contributed by atoms with Gasteiger partial charge in [0.05, 0.1) is 30.1 Å². The molecule has 0 spiro atoms. The lowest BCUT2D eigenvalue weighted by Gasteiger charge is -2.07. The van der Waals surface area contributed by atoms with Crippen LogP contribution in [-0.2, 0) is 13.2 Å². The third-order valence-corrected chi connectivity index (χ3v) is 2.49. The Morgan fingerprint density at radius 3 is 2.72 bits per heavy atom. The number of aliphatic hydroxyl groups excluding tert-OH is 1. The Morgan fingerprint density at radius 2 is 2.06 bits per heavy atom. The smallest absolute Gasteiger partial charge is 0.138 e. The summed E-state index contributed by atoms with van der Waals surface area (Å²) in [6, 6.07) is 12.9. The summed E-state index contributed by atoms with van der Waals surface area (Å²) < 4.78 is 5.54. The van der Waals surface area contributed by atoms with Crippen molar-refractivity contribution in [3.63, 3.8) is 0 Å². The second-order valence-corrected chi connectivity index (χ2v) is 3.70. The van der Waals surface area contributed by atoms with Gasteiger partial charge in [0.15, 0.2) is 0 Å². The van der Waals surface area contributed by atoms with Crippen molar-refractivity contribution in [3.8, 4) is 11.8 Å². The second kappa shape index (κ2) is 5.80. The number of ether oxygens (including phenoxy) is 1. The third-order valence-electron chi connectivity index (χ3n) is 2.49. The van der Waals surface area contributed by atoms with Gasteiger partial charge in [0.25, 0.3) is 0 Å². The second-order valence-electron chi connectivity index (χ2n) is 3.70. The molecule has 1 aromatic carbocycles. The first-order chi connectivity index (χ1) is 8.83. The van der Waals surface area contributed by atoms with E-state index in [1.807, 2.05) is 18.2 Å². The molecule has 0 radical (unpaired) electrons. The van der Waals surface area contributed by atoms with E-state index in [1.165, 1.54) is 0 Å². The average Bonchev–Trinajstić information content (AvgIpc) is 2.46. The molecule has 0 atom stereocenters. The van der Waals surface area contributed by atoms with Crippen LogP contribution in [-0.4, -0.2) is 10.1 Å². The standard InChI is InChI=1S/C14H12N2O2/c15-7-11-3-1-2-4-12(11)10-18-14-6-5-13(9-17)16-8-14/h1-6,8,17H,9-10H2. The minimum absolute atomic E-state index is 0.0858. The number of aromatic nitrogens is 1. The summed E-state index contributed by atoms with van der Waals surface area (Å²) in [5.41, 5.74) is 2.04. The van der Waals surface area contributed by atoms with E-state index >= 15 is 0 Å². The highest BCUT2D eigenvalue weighted by atomic mass is 16.5. The highest BCUT2D eigenvalue weighted by Gasteiger charge is 2.02. The molecule has 0 unspecified atom stereocenters. The van der Waals surface area contributed by atoms with Crippen molar-refractivity contribution in [3.05, 3.63) is 59.4 Å². The van der Waals surface area contributed by atoms with Crippen molar-refractivity contribution in [2.24, 2.45) is 0 Å². The van der Waals surface area contributed by atoms with Gasteiger partial charge in [-0.2, -0.15) is 5.26 Å². The van der Waals surface area contributed by atoms with Gasteiger partial charge < -0.3 is 9.84 Å². The third kappa shape index (κ3) is 2.84. The molecule has 0 aliphatic heterocycles. The van der Waals surface area contributed by atoms with Crippen LogP contribution in [0.5, 0.6) is 5.75 Å². The molecule has 4 nitrogen and oxygen atoms in total. The molecule has 0 aliphatic rings. The fourth-order valence-electron chi connectivity index (χ4n) is 1.51. The van der Waals surface area contributed by atoms with Gasteiger partial charge in [0, 0.05) is 5.56 Å². The number of hydrogen-bond donors (Lipinski definition) is 1. The normalized spacial score (nSPS) is 9.78. The van der Waals surface area contributed by atoms with Crippen LogP contribution in [0.25, 0.3) is 0 Å². The fraction of sp³-hybridized carbons (Fsp3) is 0.143. The lowest BCUT2D eigenvalue weighted by Crippen LogP contribution is -1.99. The number of hydrogen-bond acceptors (Lipinski definition) is 4. The molecule has 0 fully saturated rings. The topological polar surface area (TPSA) is 66.1 Å². The SMILES string of the molecule is N#Cc1ccccc1COc1ccc(CO)nc1. The van der Waals surface area contributed by atoms with Gasteiger partial charge >= 0.3 is 0 Å². The minimum Gasteiger partial charge on any atom is -0.487 e. The molecular weight excluding hydrogens is 228 g/mol. The first-order valence-corrected chi connectivity index (χ1v) is 5.50. The lowest BCUT2D eigenvalue weighted by molar-refractivity contribution is 0.275. The zero-order valence-corrected chi connectivity index (χ0v) is 9.71. The zero-order chi connectivity index (χ0) is 12.8. The summed E-state index contributed by atoms with van der Waals surface area (Å²) in [7, 11) is 0. The van der Waals surface area contributed by atoms with E-state index in [1.54, 1.807) is 24.4 Å². The summed E-state index contributed by atoms with van der Waals surface area (Å²) in [6.45, 7) is 0.238. The van der Waals surface area contributed by atoms with E-state index in [2.05, 4.69) is 11.1 Å². The van der Waals surface area contributed by atoms with E-state index in [9.17, 15) is 0 Å². The lowest BCUT2D eigenvalue weighted by atomic mass is 10.1. The van der Waals surface area contributed by atoms with Gasteiger partial charge in [0.1, 0.15) is 12.4 Å². The summed E-state index contributed by atoms with van der Waals surface area (Å²) >= 11 is 0.